The molecule has 0 aliphatic heterocycles. The Bertz CT molecular complexity index is 533. The van der Waals surface area contributed by atoms with Gasteiger partial charge < -0.3 is 10.5 Å². The van der Waals surface area contributed by atoms with Gasteiger partial charge in [-0.15, -0.1) is 0 Å². The van der Waals surface area contributed by atoms with Crippen LogP contribution in [-0.4, -0.2) is 6.10 Å². The van der Waals surface area contributed by atoms with E-state index in [1.165, 1.54) is 5.56 Å². The van der Waals surface area contributed by atoms with Gasteiger partial charge in [0.25, 0.3) is 0 Å². The van der Waals surface area contributed by atoms with Crippen LogP contribution in [0.5, 0.6) is 5.75 Å². The predicted molar refractivity (Wildman–Crippen MR) is 88.4 cm³/mol. The van der Waals surface area contributed by atoms with Crippen LogP contribution >= 0.6 is 0 Å². The van der Waals surface area contributed by atoms with Gasteiger partial charge in [-0.1, -0.05) is 63.2 Å². The summed E-state index contributed by atoms with van der Waals surface area (Å²) < 4.78 is 6.17. The molecular weight excluding hydrogens is 258 g/mol. The van der Waals surface area contributed by atoms with Gasteiger partial charge in [0.15, 0.2) is 0 Å². The number of hydrogen-bond donors (Lipinski definition) is 1. The van der Waals surface area contributed by atoms with Gasteiger partial charge in [0.1, 0.15) is 11.9 Å². The monoisotopic (exact) mass is 283 g/mol. The fraction of sp³-hybridized carbons (Fsp3) is 0.368. The van der Waals surface area contributed by atoms with E-state index in [-0.39, 0.29) is 12.1 Å². The van der Waals surface area contributed by atoms with Gasteiger partial charge in [-0.3, -0.25) is 0 Å². The van der Waals surface area contributed by atoms with Crippen LogP contribution in [0.4, 0.5) is 0 Å². The van der Waals surface area contributed by atoms with E-state index in [1.807, 2.05) is 30.3 Å². The third kappa shape index (κ3) is 4.08. The minimum atomic E-state index is -0.128. The van der Waals surface area contributed by atoms with Crippen molar-refractivity contribution in [3.63, 3.8) is 0 Å². The Hall–Kier alpha value is -1.80. The lowest BCUT2D eigenvalue weighted by atomic mass is 9.94. The summed E-state index contributed by atoms with van der Waals surface area (Å²) in [7, 11) is 0. The highest BCUT2D eigenvalue weighted by Gasteiger charge is 2.24. The number of hydrogen-bond acceptors (Lipinski definition) is 2. The van der Waals surface area contributed by atoms with Crippen molar-refractivity contribution in [2.24, 2.45) is 11.7 Å². The van der Waals surface area contributed by atoms with Crippen LogP contribution in [0.1, 0.15) is 37.9 Å². The highest BCUT2D eigenvalue weighted by Crippen LogP contribution is 2.25. The Morgan fingerprint density at radius 3 is 2.10 bits per heavy atom. The van der Waals surface area contributed by atoms with E-state index >= 15 is 0 Å². The molecule has 0 amide bonds. The first-order valence-corrected chi connectivity index (χ1v) is 7.68. The quantitative estimate of drug-likeness (QED) is 0.855. The molecule has 0 fully saturated rings. The van der Waals surface area contributed by atoms with Gasteiger partial charge in [0, 0.05) is 0 Å². The number of nitrogens with two attached hydrogens (primary N) is 1. The summed E-state index contributed by atoms with van der Waals surface area (Å²) in [6, 6.07) is 18.3. The van der Waals surface area contributed by atoms with Crippen molar-refractivity contribution in [1.29, 1.82) is 0 Å². The summed E-state index contributed by atoms with van der Waals surface area (Å²) >= 11 is 0. The van der Waals surface area contributed by atoms with Gasteiger partial charge >= 0.3 is 0 Å². The van der Waals surface area contributed by atoms with Crippen molar-refractivity contribution >= 4 is 0 Å². The van der Waals surface area contributed by atoms with E-state index in [4.69, 9.17) is 10.5 Å². The standard InChI is InChI=1S/C19H25NO/c1-4-15-10-12-17(13-11-15)21-19(14(2)3)18(20)16-8-6-5-7-9-16/h5-14,18-19H,4,20H2,1-3H3. The van der Waals surface area contributed by atoms with E-state index in [1.54, 1.807) is 0 Å². The zero-order chi connectivity index (χ0) is 15.2. The van der Waals surface area contributed by atoms with Crippen LogP contribution in [0.2, 0.25) is 0 Å². The van der Waals surface area contributed by atoms with E-state index in [0.717, 1.165) is 17.7 Å². The number of ether oxygens (including phenoxy) is 1. The first kappa shape index (κ1) is 15.6. The van der Waals surface area contributed by atoms with Crippen LogP contribution in [0.3, 0.4) is 0 Å². The molecule has 0 aliphatic rings. The van der Waals surface area contributed by atoms with Gasteiger partial charge in [0.2, 0.25) is 0 Å². The van der Waals surface area contributed by atoms with Crippen molar-refractivity contribution < 1.29 is 4.74 Å². The third-order valence-electron chi connectivity index (χ3n) is 3.80. The van der Waals surface area contributed by atoms with Crippen molar-refractivity contribution in [3.8, 4) is 5.75 Å². The highest BCUT2D eigenvalue weighted by molar-refractivity contribution is 5.28. The van der Waals surface area contributed by atoms with E-state index in [0.29, 0.717) is 5.92 Å². The van der Waals surface area contributed by atoms with Crippen molar-refractivity contribution in [2.75, 3.05) is 0 Å². The Morgan fingerprint density at radius 2 is 1.57 bits per heavy atom. The lowest BCUT2D eigenvalue weighted by molar-refractivity contribution is 0.123. The molecule has 112 valence electrons. The Morgan fingerprint density at radius 1 is 0.952 bits per heavy atom. The Balaban J connectivity index is 2.15. The average molecular weight is 283 g/mol. The molecule has 0 radical (unpaired) electrons. The second-order valence-electron chi connectivity index (χ2n) is 5.76. The summed E-state index contributed by atoms with van der Waals surface area (Å²) in [6.07, 6.45) is 0.997. The lowest BCUT2D eigenvalue weighted by Crippen LogP contribution is -2.35. The predicted octanol–water partition coefficient (Wildman–Crippen LogP) is 4.35. The van der Waals surface area contributed by atoms with E-state index in [2.05, 4.69) is 45.0 Å². The summed E-state index contributed by atoms with van der Waals surface area (Å²) in [6.45, 7) is 6.44. The molecule has 2 unspecified atom stereocenters. The molecule has 21 heavy (non-hydrogen) atoms. The smallest absolute Gasteiger partial charge is 0.120 e. The molecule has 0 aromatic heterocycles. The van der Waals surface area contributed by atoms with Gasteiger partial charge in [-0.2, -0.15) is 0 Å². The van der Waals surface area contributed by atoms with Crippen LogP contribution in [0, 0.1) is 5.92 Å². The van der Waals surface area contributed by atoms with Gasteiger partial charge in [0.05, 0.1) is 6.04 Å². The Kier molecular flexibility index (Phi) is 5.40. The molecule has 2 rings (SSSR count). The molecular formula is C19H25NO. The first-order valence-electron chi connectivity index (χ1n) is 7.68. The topological polar surface area (TPSA) is 35.2 Å². The van der Waals surface area contributed by atoms with Crippen LogP contribution in [-0.2, 0) is 6.42 Å². The molecule has 2 aromatic rings. The maximum absolute atomic E-state index is 6.42. The molecule has 0 heterocycles. The van der Waals surface area contributed by atoms with Gasteiger partial charge in [-0.25, -0.2) is 0 Å². The molecule has 2 aromatic carbocycles. The van der Waals surface area contributed by atoms with Crippen LogP contribution in [0.15, 0.2) is 54.6 Å². The normalized spacial score (nSPS) is 14.0. The molecule has 2 N–H and O–H groups in total. The molecule has 0 aliphatic carbocycles. The van der Waals surface area contributed by atoms with E-state index in [9.17, 15) is 0 Å². The molecule has 0 saturated carbocycles. The molecule has 2 heteroatoms. The molecule has 2 nitrogen and oxygen atoms in total. The molecule has 0 saturated heterocycles. The Labute approximate surface area is 127 Å². The number of benzene rings is 2. The summed E-state index contributed by atoms with van der Waals surface area (Å²) in [4.78, 5) is 0. The summed E-state index contributed by atoms with van der Waals surface area (Å²) in [5.74, 6) is 1.23. The average Bonchev–Trinajstić information content (AvgIpc) is 2.53. The molecule has 0 bridgehead atoms. The molecule has 0 spiro atoms. The van der Waals surface area contributed by atoms with Crippen molar-refractivity contribution in [1.82, 2.24) is 0 Å². The zero-order valence-corrected chi connectivity index (χ0v) is 13.1. The third-order valence-corrected chi connectivity index (χ3v) is 3.80. The molecule has 2 atom stereocenters. The van der Waals surface area contributed by atoms with Crippen LogP contribution in [0.25, 0.3) is 0 Å². The minimum Gasteiger partial charge on any atom is -0.488 e. The first-order chi connectivity index (χ1) is 10.1. The second kappa shape index (κ2) is 7.28. The summed E-state index contributed by atoms with van der Waals surface area (Å²) in [5.41, 5.74) is 8.85. The maximum atomic E-state index is 6.42. The second-order valence-corrected chi connectivity index (χ2v) is 5.76. The summed E-state index contributed by atoms with van der Waals surface area (Å²) in [5, 5.41) is 0. The minimum absolute atomic E-state index is 0.0418. The zero-order valence-electron chi connectivity index (χ0n) is 13.1. The maximum Gasteiger partial charge on any atom is 0.120 e. The van der Waals surface area contributed by atoms with Crippen molar-refractivity contribution in [3.05, 3.63) is 65.7 Å². The lowest BCUT2D eigenvalue weighted by Gasteiger charge is -2.28. The fourth-order valence-corrected chi connectivity index (χ4v) is 2.45. The number of rotatable bonds is 6. The number of aryl methyl sites for hydroxylation is 1. The van der Waals surface area contributed by atoms with Gasteiger partial charge in [-0.05, 0) is 35.6 Å². The van der Waals surface area contributed by atoms with Crippen LogP contribution < -0.4 is 10.5 Å². The SMILES string of the molecule is CCc1ccc(OC(C(C)C)C(N)c2ccccc2)cc1. The highest BCUT2D eigenvalue weighted by atomic mass is 16.5. The largest absolute Gasteiger partial charge is 0.488 e. The van der Waals surface area contributed by atoms with Crippen molar-refractivity contribution in [2.45, 2.75) is 39.3 Å². The van der Waals surface area contributed by atoms with E-state index < -0.39 is 0 Å². The fourth-order valence-electron chi connectivity index (χ4n) is 2.45.